The van der Waals surface area contributed by atoms with Crippen LogP contribution in [-0.4, -0.2) is 41.6 Å². The van der Waals surface area contributed by atoms with Crippen LogP contribution in [0.2, 0.25) is 0 Å². The summed E-state index contributed by atoms with van der Waals surface area (Å²) in [5.41, 5.74) is 0.302. The highest BCUT2D eigenvalue weighted by Crippen LogP contribution is 2.30. The Labute approximate surface area is 138 Å². The highest BCUT2D eigenvalue weighted by molar-refractivity contribution is 9.10. The van der Waals surface area contributed by atoms with E-state index in [4.69, 9.17) is 4.74 Å². The third-order valence-electron chi connectivity index (χ3n) is 4.00. The summed E-state index contributed by atoms with van der Waals surface area (Å²) in [4.78, 5) is 24.9. The van der Waals surface area contributed by atoms with Gasteiger partial charge in [0.15, 0.2) is 0 Å². The second-order valence-electron chi connectivity index (χ2n) is 5.96. The molecule has 22 heavy (non-hydrogen) atoms. The second-order valence-corrected chi connectivity index (χ2v) is 6.82. The van der Waals surface area contributed by atoms with Gasteiger partial charge in [0.25, 0.3) is 0 Å². The highest BCUT2D eigenvalue weighted by atomic mass is 79.9. The smallest absolute Gasteiger partial charge is 0.311 e. The molecule has 0 spiro atoms. The minimum atomic E-state index is -0.845. The van der Waals surface area contributed by atoms with Crippen LogP contribution in [0.5, 0.6) is 5.75 Å². The quantitative estimate of drug-likeness (QED) is 0.866. The van der Waals surface area contributed by atoms with Gasteiger partial charge in [-0.2, -0.15) is 0 Å². The molecule has 1 amide bonds. The van der Waals surface area contributed by atoms with Crippen molar-refractivity contribution in [2.24, 2.45) is 5.41 Å². The Hall–Kier alpha value is -1.56. The number of carboxylic acids is 1. The van der Waals surface area contributed by atoms with Crippen molar-refractivity contribution in [1.82, 2.24) is 4.90 Å². The molecule has 5 nitrogen and oxygen atoms in total. The van der Waals surface area contributed by atoms with Crippen molar-refractivity contribution in [3.63, 3.8) is 0 Å². The zero-order valence-corrected chi connectivity index (χ0v) is 14.4. The monoisotopic (exact) mass is 369 g/mol. The highest BCUT2D eigenvalue weighted by Gasteiger charge is 2.41. The number of hydrogen-bond donors (Lipinski definition) is 1. The summed E-state index contributed by atoms with van der Waals surface area (Å²) in [6.45, 7) is 4.72. The van der Waals surface area contributed by atoms with Crippen molar-refractivity contribution in [1.29, 1.82) is 0 Å². The summed E-state index contributed by atoms with van der Waals surface area (Å²) in [5, 5.41) is 9.18. The first kappa shape index (κ1) is 16.8. The molecule has 2 rings (SSSR count). The average molecular weight is 370 g/mol. The molecule has 1 fully saturated rings. The van der Waals surface area contributed by atoms with Crippen molar-refractivity contribution in [3.8, 4) is 5.75 Å². The Kier molecular flexibility index (Phi) is 5.11. The Bertz CT molecular complexity index is 590. The predicted molar refractivity (Wildman–Crippen MR) is 85.9 cm³/mol. The maximum absolute atomic E-state index is 12.1. The van der Waals surface area contributed by atoms with Gasteiger partial charge < -0.3 is 14.7 Å². The lowest BCUT2D eigenvalue weighted by atomic mass is 9.90. The normalized spacial score (nSPS) is 21.0. The number of halogens is 1. The maximum atomic E-state index is 12.1. The first-order valence-electron chi connectivity index (χ1n) is 7.22. The summed E-state index contributed by atoms with van der Waals surface area (Å²) in [6, 6.07) is 5.76. The van der Waals surface area contributed by atoms with Gasteiger partial charge in [-0.3, -0.25) is 9.59 Å². The van der Waals surface area contributed by atoms with Gasteiger partial charge in [-0.15, -0.1) is 0 Å². The Balaban J connectivity index is 1.83. The summed E-state index contributed by atoms with van der Waals surface area (Å²) in [7, 11) is 0. The van der Waals surface area contributed by atoms with Crippen LogP contribution in [0, 0.1) is 12.3 Å². The van der Waals surface area contributed by atoms with Crippen LogP contribution in [0.1, 0.15) is 25.3 Å². The van der Waals surface area contributed by atoms with E-state index < -0.39 is 11.4 Å². The van der Waals surface area contributed by atoms with E-state index in [1.807, 2.05) is 25.1 Å². The number of benzene rings is 1. The van der Waals surface area contributed by atoms with Crippen molar-refractivity contribution in [2.75, 3.05) is 19.7 Å². The second kappa shape index (κ2) is 6.69. The molecule has 0 saturated carbocycles. The van der Waals surface area contributed by atoms with Gasteiger partial charge in [0, 0.05) is 13.1 Å². The molecule has 0 radical (unpaired) electrons. The summed E-state index contributed by atoms with van der Waals surface area (Å²) in [5.74, 6) is -0.203. The molecule has 6 heteroatoms. The number of likely N-dealkylation sites (tertiary alicyclic amines) is 1. The van der Waals surface area contributed by atoms with Gasteiger partial charge in [-0.1, -0.05) is 6.07 Å². The van der Waals surface area contributed by atoms with Crippen LogP contribution in [0.4, 0.5) is 0 Å². The summed E-state index contributed by atoms with van der Waals surface area (Å²) >= 11 is 3.43. The lowest BCUT2D eigenvalue weighted by Gasteiger charge is -2.20. The number of rotatable bonds is 5. The number of carbonyl (C=O) groups is 2. The standard InChI is InChI=1S/C16H20BrNO4/c1-11-3-4-13(12(17)9-11)22-8-5-14(19)18-7-6-16(2,10-18)15(20)21/h3-4,9H,5-8,10H2,1-2H3,(H,20,21). The van der Waals surface area contributed by atoms with Crippen molar-refractivity contribution in [2.45, 2.75) is 26.7 Å². The minimum Gasteiger partial charge on any atom is -0.492 e. The Morgan fingerprint density at radius 2 is 2.18 bits per heavy atom. The molecule has 0 bridgehead atoms. The van der Waals surface area contributed by atoms with Gasteiger partial charge in [-0.05, 0) is 53.9 Å². The van der Waals surface area contributed by atoms with Crippen molar-refractivity contribution < 1.29 is 19.4 Å². The molecule has 1 aromatic rings. The largest absolute Gasteiger partial charge is 0.492 e. The van der Waals surface area contributed by atoms with Crippen LogP contribution in [-0.2, 0) is 9.59 Å². The molecular weight excluding hydrogens is 350 g/mol. The van der Waals surface area contributed by atoms with E-state index in [1.54, 1.807) is 11.8 Å². The van der Waals surface area contributed by atoms with Gasteiger partial charge >= 0.3 is 5.97 Å². The molecule has 1 atom stereocenters. The third kappa shape index (κ3) is 3.80. The number of aliphatic carboxylic acids is 1. The van der Waals surface area contributed by atoms with Gasteiger partial charge in [0.05, 0.1) is 22.9 Å². The van der Waals surface area contributed by atoms with E-state index >= 15 is 0 Å². The SMILES string of the molecule is Cc1ccc(OCCC(=O)N2CCC(C)(C(=O)O)C2)c(Br)c1. The number of aryl methyl sites for hydroxylation is 1. The molecule has 0 aliphatic carbocycles. The minimum absolute atomic E-state index is 0.0618. The van der Waals surface area contributed by atoms with E-state index in [1.165, 1.54) is 0 Å². The summed E-state index contributed by atoms with van der Waals surface area (Å²) in [6.07, 6.45) is 0.745. The lowest BCUT2D eigenvalue weighted by molar-refractivity contribution is -0.147. The molecule has 0 aromatic heterocycles. The molecular formula is C16H20BrNO4. The van der Waals surface area contributed by atoms with E-state index in [9.17, 15) is 14.7 Å². The van der Waals surface area contributed by atoms with E-state index in [2.05, 4.69) is 15.9 Å². The molecule has 1 aliphatic heterocycles. The van der Waals surface area contributed by atoms with Gasteiger partial charge in [0.2, 0.25) is 5.91 Å². The number of ether oxygens (including phenoxy) is 1. The predicted octanol–water partition coefficient (Wildman–Crippen LogP) is 2.85. The number of carboxylic acid groups (broad SMARTS) is 1. The van der Waals surface area contributed by atoms with E-state index in [0.29, 0.717) is 18.7 Å². The van der Waals surface area contributed by atoms with E-state index in [-0.39, 0.29) is 25.5 Å². The zero-order chi connectivity index (χ0) is 16.3. The lowest BCUT2D eigenvalue weighted by Crippen LogP contribution is -2.35. The fraction of sp³-hybridized carbons (Fsp3) is 0.500. The van der Waals surface area contributed by atoms with Crippen LogP contribution < -0.4 is 4.74 Å². The van der Waals surface area contributed by atoms with Gasteiger partial charge in [-0.25, -0.2) is 0 Å². The van der Waals surface area contributed by atoms with E-state index in [0.717, 1.165) is 10.0 Å². The molecule has 1 aliphatic rings. The fourth-order valence-corrected chi connectivity index (χ4v) is 3.09. The molecule has 120 valence electrons. The number of carbonyl (C=O) groups excluding carboxylic acids is 1. The van der Waals surface area contributed by atoms with Crippen LogP contribution in [0.3, 0.4) is 0 Å². The van der Waals surface area contributed by atoms with Crippen molar-refractivity contribution in [3.05, 3.63) is 28.2 Å². The third-order valence-corrected chi connectivity index (χ3v) is 4.62. The molecule has 1 unspecified atom stereocenters. The van der Waals surface area contributed by atoms with Crippen LogP contribution in [0.25, 0.3) is 0 Å². The molecule has 1 aromatic carbocycles. The topological polar surface area (TPSA) is 66.8 Å². The number of nitrogens with zero attached hydrogens (tertiary/aromatic N) is 1. The van der Waals surface area contributed by atoms with Crippen molar-refractivity contribution >= 4 is 27.8 Å². The zero-order valence-electron chi connectivity index (χ0n) is 12.8. The van der Waals surface area contributed by atoms with Gasteiger partial charge in [0.1, 0.15) is 5.75 Å². The van der Waals surface area contributed by atoms with Crippen LogP contribution in [0.15, 0.2) is 22.7 Å². The maximum Gasteiger partial charge on any atom is 0.311 e. The number of amides is 1. The molecule has 1 heterocycles. The fourth-order valence-electron chi connectivity index (χ4n) is 2.48. The average Bonchev–Trinajstić information content (AvgIpc) is 2.85. The number of hydrogen-bond acceptors (Lipinski definition) is 3. The summed E-state index contributed by atoms with van der Waals surface area (Å²) < 4.78 is 6.47. The first-order valence-corrected chi connectivity index (χ1v) is 8.01. The van der Waals surface area contributed by atoms with Crippen LogP contribution >= 0.6 is 15.9 Å². The first-order chi connectivity index (χ1) is 10.3. The molecule has 1 saturated heterocycles. The Morgan fingerprint density at radius 3 is 2.77 bits per heavy atom. The molecule has 1 N–H and O–H groups in total. The Morgan fingerprint density at radius 1 is 1.45 bits per heavy atom.